The minimum absolute atomic E-state index is 0.0742. The van der Waals surface area contributed by atoms with Gasteiger partial charge in [0.15, 0.2) is 0 Å². The number of nitro groups is 1. The Hall–Kier alpha value is -2.77. The van der Waals surface area contributed by atoms with Crippen LogP contribution in [-0.2, 0) is 4.79 Å². The van der Waals surface area contributed by atoms with Gasteiger partial charge in [-0.2, -0.15) is 5.10 Å². The van der Waals surface area contributed by atoms with Gasteiger partial charge < -0.3 is 5.73 Å². The molecule has 2 amide bonds. The lowest BCUT2D eigenvalue weighted by atomic mass is 10.2. The molecule has 0 saturated heterocycles. The van der Waals surface area contributed by atoms with Crippen molar-refractivity contribution in [1.82, 2.24) is 5.43 Å². The van der Waals surface area contributed by atoms with E-state index in [9.17, 15) is 19.7 Å². The van der Waals surface area contributed by atoms with Crippen LogP contribution in [0.2, 0.25) is 0 Å². The van der Waals surface area contributed by atoms with E-state index in [2.05, 4.69) is 10.5 Å². The zero-order valence-electron chi connectivity index (χ0n) is 10.1. The highest BCUT2D eigenvalue weighted by Crippen LogP contribution is 2.12. The molecule has 1 aromatic carbocycles. The van der Waals surface area contributed by atoms with Crippen molar-refractivity contribution < 1.29 is 14.5 Å². The first-order valence-corrected chi connectivity index (χ1v) is 5.26. The van der Waals surface area contributed by atoms with Crippen molar-refractivity contribution in [2.75, 3.05) is 0 Å². The number of nitrogens with two attached hydrogens (primary N) is 1. The summed E-state index contributed by atoms with van der Waals surface area (Å²) in [7, 11) is 0. The molecular formula is C11H12N4O4. The van der Waals surface area contributed by atoms with Crippen LogP contribution in [0.5, 0.6) is 0 Å². The van der Waals surface area contributed by atoms with Crippen LogP contribution in [0.15, 0.2) is 29.4 Å². The Balaban J connectivity index is 2.76. The van der Waals surface area contributed by atoms with E-state index < -0.39 is 16.7 Å². The number of benzene rings is 1. The largest absolute Gasteiger partial charge is 0.369 e. The van der Waals surface area contributed by atoms with Gasteiger partial charge >= 0.3 is 0 Å². The van der Waals surface area contributed by atoms with E-state index in [4.69, 9.17) is 5.73 Å². The van der Waals surface area contributed by atoms with Crippen LogP contribution < -0.4 is 11.2 Å². The third-order valence-corrected chi connectivity index (χ3v) is 2.10. The Morgan fingerprint density at radius 3 is 2.74 bits per heavy atom. The summed E-state index contributed by atoms with van der Waals surface area (Å²) in [5, 5.41) is 14.2. The zero-order chi connectivity index (χ0) is 14.4. The van der Waals surface area contributed by atoms with E-state index in [1.54, 1.807) is 0 Å². The average molecular weight is 264 g/mol. The van der Waals surface area contributed by atoms with Gasteiger partial charge in [0, 0.05) is 23.4 Å². The molecule has 19 heavy (non-hydrogen) atoms. The second-order valence-electron chi connectivity index (χ2n) is 3.74. The highest BCUT2D eigenvalue weighted by Gasteiger charge is 2.11. The van der Waals surface area contributed by atoms with Crippen LogP contribution in [0, 0.1) is 10.1 Å². The second kappa shape index (κ2) is 6.24. The number of hydrazone groups is 1. The SMILES string of the molecule is C/C(CC(N)=O)=N/NC(=O)c1cccc([N+](=O)[O-])c1. The lowest BCUT2D eigenvalue weighted by Crippen LogP contribution is -2.21. The Kier molecular flexibility index (Phi) is 4.69. The quantitative estimate of drug-likeness (QED) is 0.457. The summed E-state index contributed by atoms with van der Waals surface area (Å²) in [5.74, 6) is -1.17. The van der Waals surface area contributed by atoms with Gasteiger partial charge in [0.05, 0.1) is 11.3 Å². The van der Waals surface area contributed by atoms with E-state index in [0.717, 1.165) is 6.07 Å². The first-order valence-electron chi connectivity index (χ1n) is 5.26. The maximum absolute atomic E-state index is 11.7. The normalized spacial score (nSPS) is 10.9. The highest BCUT2D eigenvalue weighted by atomic mass is 16.6. The van der Waals surface area contributed by atoms with Crippen molar-refractivity contribution in [2.45, 2.75) is 13.3 Å². The molecule has 8 nitrogen and oxygen atoms in total. The van der Waals surface area contributed by atoms with Gasteiger partial charge in [-0.15, -0.1) is 0 Å². The molecule has 8 heteroatoms. The standard InChI is InChI=1S/C11H12N4O4/c1-7(5-10(12)16)13-14-11(17)8-3-2-4-9(6-8)15(18)19/h2-4,6H,5H2,1H3,(H2,12,16)(H,14,17)/b13-7-. The first kappa shape index (κ1) is 14.3. The van der Waals surface area contributed by atoms with Crippen LogP contribution in [0.25, 0.3) is 0 Å². The number of hydrogen-bond donors (Lipinski definition) is 2. The van der Waals surface area contributed by atoms with E-state index in [0.29, 0.717) is 5.71 Å². The fraction of sp³-hybridized carbons (Fsp3) is 0.182. The maximum Gasteiger partial charge on any atom is 0.271 e. The summed E-state index contributed by atoms with van der Waals surface area (Å²) in [6.07, 6.45) is -0.0742. The number of non-ortho nitro benzene ring substituents is 1. The van der Waals surface area contributed by atoms with E-state index in [1.807, 2.05) is 0 Å². The minimum atomic E-state index is -0.604. The van der Waals surface area contributed by atoms with Gasteiger partial charge in [0.2, 0.25) is 5.91 Å². The van der Waals surface area contributed by atoms with Crippen LogP contribution in [-0.4, -0.2) is 22.4 Å². The predicted octanol–water partition coefficient (Wildman–Crippen LogP) is 0.576. The molecule has 0 aliphatic carbocycles. The van der Waals surface area contributed by atoms with Crippen LogP contribution in [0.4, 0.5) is 5.69 Å². The molecule has 1 aromatic rings. The zero-order valence-corrected chi connectivity index (χ0v) is 10.1. The van der Waals surface area contributed by atoms with Crippen LogP contribution >= 0.6 is 0 Å². The third kappa shape index (κ3) is 4.54. The molecule has 0 heterocycles. The Labute approximate surface area is 108 Å². The van der Waals surface area contributed by atoms with Crippen molar-refractivity contribution in [3.63, 3.8) is 0 Å². The van der Waals surface area contributed by atoms with E-state index >= 15 is 0 Å². The van der Waals surface area contributed by atoms with Crippen molar-refractivity contribution >= 4 is 23.2 Å². The summed E-state index contributed by atoms with van der Waals surface area (Å²) in [4.78, 5) is 32.2. The summed E-state index contributed by atoms with van der Waals surface area (Å²) >= 11 is 0. The van der Waals surface area contributed by atoms with Crippen molar-refractivity contribution in [2.24, 2.45) is 10.8 Å². The number of amides is 2. The number of carbonyl (C=O) groups excluding carboxylic acids is 2. The van der Waals surface area contributed by atoms with Crippen LogP contribution in [0.1, 0.15) is 23.7 Å². The Bertz CT molecular complexity index is 553. The second-order valence-corrected chi connectivity index (χ2v) is 3.74. The number of carbonyl (C=O) groups is 2. The molecule has 0 saturated carbocycles. The maximum atomic E-state index is 11.7. The molecule has 0 bridgehead atoms. The number of rotatable bonds is 5. The predicted molar refractivity (Wildman–Crippen MR) is 67.5 cm³/mol. The molecule has 3 N–H and O–H groups in total. The highest BCUT2D eigenvalue weighted by molar-refractivity contribution is 6.00. The first-order chi connectivity index (χ1) is 8.90. The molecule has 0 unspecified atom stereocenters. The summed E-state index contributed by atoms with van der Waals surface area (Å²) in [6.45, 7) is 1.53. The van der Waals surface area contributed by atoms with Crippen molar-refractivity contribution in [1.29, 1.82) is 0 Å². The number of hydrogen-bond acceptors (Lipinski definition) is 5. The van der Waals surface area contributed by atoms with E-state index in [-0.39, 0.29) is 17.7 Å². The monoisotopic (exact) mass is 264 g/mol. The molecule has 100 valence electrons. The fourth-order valence-corrected chi connectivity index (χ4v) is 1.26. The molecule has 0 fully saturated rings. The molecular weight excluding hydrogens is 252 g/mol. The molecule has 0 aliphatic heterocycles. The van der Waals surface area contributed by atoms with Gasteiger partial charge in [0.1, 0.15) is 0 Å². The lowest BCUT2D eigenvalue weighted by Gasteiger charge is -2.01. The lowest BCUT2D eigenvalue weighted by molar-refractivity contribution is -0.384. The van der Waals surface area contributed by atoms with Gasteiger partial charge in [-0.05, 0) is 13.0 Å². The van der Waals surface area contributed by atoms with Crippen molar-refractivity contribution in [3.8, 4) is 0 Å². The molecule has 0 spiro atoms. The van der Waals surface area contributed by atoms with Gasteiger partial charge in [-0.1, -0.05) is 6.07 Å². The van der Waals surface area contributed by atoms with E-state index in [1.165, 1.54) is 25.1 Å². The Morgan fingerprint density at radius 2 is 2.16 bits per heavy atom. The van der Waals surface area contributed by atoms with Crippen LogP contribution in [0.3, 0.4) is 0 Å². The third-order valence-electron chi connectivity index (χ3n) is 2.10. The molecule has 1 rings (SSSR count). The number of nitro benzene ring substituents is 1. The molecule has 0 aliphatic rings. The van der Waals surface area contributed by atoms with Gasteiger partial charge in [0.25, 0.3) is 11.6 Å². The fourth-order valence-electron chi connectivity index (χ4n) is 1.26. The molecule has 0 radical (unpaired) electrons. The number of nitrogens with one attached hydrogen (secondary N) is 1. The summed E-state index contributed by atoms with van der Waals surface area (Å²) in [5.41, 5.74) is 7.40. The van der Waals surface area contributed by atoms with Gasteiger partial charge in [-0.25, -0.2) is 5.43 Å². The summed E-state index contributed by atoms with van der Waals surface area (Å²) in [6, 6.07) is 5.22. The van der Waals surface area contributed by atoms with Gasteiger partial charge in [-0.3, -0.25) is 19.7 Å². The van der Waals surface area contributed by atoms with Crippen molar-refractivity contribution in [3.05, 3.63) is 39.9 Å². The number of nitrogens with zero attached hydrogens (tertiary/aromatic N) is 2. The smallest absolute Gasteiger partial charge is 0.271 e. The average Bonchev–Trinajstić information content (AvgIpc) is 2.35. The molecule has 0 atom stereocenters. The minimum Gasteiger partial charge on any atom is -0.369 e. The summed E-state index contributed by atoms with van der Waals surface area (Å²) < 4.78 is 0. The Morgan fingerprint density at radius 1 is 1.47 bits per heavy atom. The molecule has 0 aromatic heterocycles. The number of primary amides is 1. The topological polar surface area (TPSA) is 128 Å².